The summed E-state index contributed by atoms with van der Waals surface area (Å²) in [6.45, 7) is 7.73. The molecule has 1 unspecified atom stereocenters. The van der Waals surface area contributed by atoms with E-state index in [1.54, 1.807) is 0 Å². The maximum Gasteiger partial charge on any atom is 0.0855 e. The van der Waals surface area contributed by atoms with Gasteiger partial charge in [0, 0.05) is 38.9 Å². The van der Waals surface area contributed by atoms with Gasteiger partial charge in [-0.05, 0) is 12.8 Å². The van der Waals surface area contributed by atoms with Crippen molar-refractivity contribution in [3.8, 4) is 0 Å². The van der Waals surface area contributed by atoms with E-state index in [0.29, 0.717) is 6.04 Å². The summed E-state index contributed by atoms with van der Waals surface area (Å²) < 4.78 is 1.94. The van der Waals surface area contributed by atoms with Gasteiger partial charge >= 0.3 is 0 Å². The molecule has 17 heavy (non-hydrogen) atoms. The zero-order chi connectivity index (χ0) is 12.3. The largest absolute Gasteiger partial charge is 0.366 e. The molecule has 1 aliphatic rings. The third-order valence-electron chi connectivity index (χ3n) is 3.45. The van der Waals surface area contributed by atoms with E-state index in [1.807, 2.05) is 11.7 Å². The zero-order valence-electron chi connectivity index (χ0n) is 11.2. The first kappa shape index (κ1) is 12.4. The molecule has 1 aromatic rings. The Morgan fingerprint density at radius 2 is 2.29 bits per heavy atom. The first-order valence-electron chi connectivity index (χ1n) is 6.75. The molecule has 2 heterocycles. The molecule has 2 rings (SSSR count). The van der Waals surface area contributed by atoms with Crippen molar-refractivity contribution in [3.05, 3.63) is 11.9 Å². The Kier molecular flexibility index (Phi) is 4.05. The second-order valence-corrected chi connectivity index (χ2v) is 4.87. The predicted molar refractivity (Wildman–Crippen MR) is 71.5 cm³/mol. The second kappa shape index (κ2) is 5.54. The van der Waals surface area contributed by atoms with Crippen LogP contribution in [0.3, 0.4) is 0 Å². The van der Waals surface area contributed by atoms with Crippen LogP contribution >= 0.6 is 0 Å². The third-order valence-corrected chi connectivity index (χ3v) is 3.45. The Balaban J connectivity index is 2.10. The lowest BCUT2D eigenvalue weighted by Gasteiger charge is -2.35. The Morgan fingerprint density at radius 1 is 1.47 bits per heavy atom. The quantitative estimate of drug-likeness (QED) is 0.861. The lowest BCUT2D eigenvalue weighted by molar-refractivity contribution is 0.430. The SMILES string of the molecule is CCCC1CN(c2cn(C)nc2CC)CCN1. The average molecular weight is 236 g/mol. The number of rotatable bonds is 4. The van der Waals surface area contributed by atoms with E-state index < -0.39 is 0 Å². The number of aromatic nitrogens is 2. The van der Waals surface area contributed by atoms with Gasteiger partial charge in [0.2, 0.25) is 0 Å². The molecule has 0 spiro atoms. The van der Waals surface area contributed by atoms with Gasteiger partial charge in [0.25, 0.3) is 0 Å². The molecule has 1 fully saturated rings. The fourth-order valence-corrected chi connectivity index (χ4v) is 2.62. The van der Waals surface area contributed by atoms with Crippen molar-refractivity contribution in [2.24, 2.45) is 7.05 Å². The summed E-state index contributed by atoms with van der Waals surface area (Å²) in [6.07, 6.45) is 5.68. The molecule has 4 heteroatoms. The molecular formula is C13H24N4. The highest BCUT2D eigenvalue weighted by Gasteiger charge is 2.21. The van der Waals surface area contributed by atoms with Crippen LogP contribution in [0.25, 0.3) is 0 Å². The minimum absolute atomic E-state index is 0.638. The first-order valence-corrected chi connectivity index (χ1v) is 6.75. The number of hydrogen-bond acceptors (Lipinski definition) is 3. The van der Waals surface area contributed by atoms with Crippen LogP contribution in [0.5, 0.6) is 0 Å². The van der Waals surface area contributed by atoms with Crippen molar-refractivity contribution in [1.82, 2.24) is 15.1 Å². The molecule has 0 saturated carbocycles. The molecule has 0 radical (unpaired) electrons. The molecule has 1 aromatic heterocycles. The lowest BCUT2D eigenvalue weighted by atomic mass is 10.1. The zero-order valence-corrected chi connectivity index (χ0v) is 11.2. The Bertz CT molecular complexity index is 356. The topological polar surface area (TPSA) is 33.1 Å². The molecule has 1 saturated heterocycles. The van der Waals surface area contributed by atoms with Crippen LogP contribution in [0.4, 0.5) is 5.69 Å². The van der Waals surface area contributed by atoms with E-state index in [1.165, 1.54) is 24.2 Å². The minimum Gasteiger partial charge on any atom is -0.366 e. The number of piperazine rings is 1. The molecule has 96 valence electrons. The fraction of sp³-hybridized carbons (Fsp3) is 0.769. The van der Waals surface area contributed by atoms with Crippen molar-refractivity contribution in [1.29, 1.82) is 0 Å². The van der Waals surface area contributed by atoms with Crippen molar-refractivity contribution in [3.63, 3.8) is 0 Å². The highest BCUT2D eigenvalue weighted by Crippen LogP contribution is 2.21. The number of anilines is 1. The van der Waals surface area contributed by atoms with E-state index in [9.17, 15) is 0 Å². The summed E-state index contributed by atoms with van der Waals surface area (Å²) in [6, 6.07) is 0.638. The van der Waals surface area contributed by atoms with Gasteiger partial charge in [-0.3, -0.25) is 4.68 Å². The summed E-state index contributed by atoms with van der Waals surface area (Å²) in [7, 11) is 2.01. The van der Waals surface area contributed by atoms with Crippen LogP contribution in [0.1, 0.15) is 32.4 Å². The molecular weight excluding hydrogens is 212 g/mol. The van der Waals surface area contributed by atoms with Crippen LogP contribution in [0, 0.1) is 0 Å². The molecule has 1 N–H and O–H groups in total. The predicted octanol–water partition coefficient (Wildman–Crippen LogP) is 1.56. The standard InChI is InChI=1S/C13H24N4/c1-4-6-11-9-17(8-7-14-11)13-10-16(3)15-12(13)5-2/h10-11,14H,4-9H2,1-3H3. The van der Waals surface area contributed by atoms with Gasteiger partial charge in [-0.2, -0.15) is 5.10 Å². The van der Waals surface area contributed by atoms with E-state index in [2.05, 4.69) is 35.4 Å². The van der Waals surface area contributed by atoms with Gasteiger partial charge in [0.15, 0.2) is 0 Å². The van der Waals surface area contributed by atoms with Crippen molar-refractivity contribution in [2.45, 2.75) is 39.2 Å². The van der Waals surface area contributed by atoms with Crippen molar-refractivity contribution < 1.29 is 0 Å². The van der Waals surface area contributed by atoms with Crippen molar-refractivity contribution >= 4 is 5.69 Å². The summed E-state index contributed by atoms with van der Waals surface area (Å²) in [5, 5.41) is 8.13. The van der Waals surface area contributed by atoms with Gasteiger partial charge in [-0.15, -0.1) is 0 Å². The maximum atomic E-state index is 4.53. The first-order chi connectivity index (χ1) is 8.24. The summed E-state index contributed by atoms with van der Waals surface area (Å²) in [5.74, 6) is 0. The van der Waals surface area contributed by atoms with Gasteiger partial charge < -0.3 is 10.2 Å². The minimum atomic E-state index is 0.638. The summed E-state index contributed by atoms with van der Waals surface area (Å²) >= 11 is 0. The van der Waals surface area contributed by atoms with Crippen LogP contribution in [-0.4, -0.2) is 35.5 Å². The molecule has 0 bridgehead atoms. The number of nitrogens with zero attached hydrogens (tertiary/aromatic N) is 3. The van der Waals surface area contributed by atoms with Gasteiger partial charge in [0.1, 0.15) is 0 Å². The van der Waals surface area contributed by atoms with Gasteiger partial charge in [-0.25, -0.2) is 0 Å². The number of nitrogens with one attached hydrogen (secondary N) is 1. The van der Waals surface area contributed by atoms with Gasteiger partial charge in [0.05, 0.1) is 11.4 Å². The maximum absolute atomic E-state index is 4.53. The summed E-state index contributed by atoms with van der Waals surface area (Å²) in [4.78, 5) is 2.49. The fourth-order valence-electron chi connectivity index (χ4n) is 2.62. The molecule has 0 amide bonds. The van der Waals surface area contributed by atoms with E-state index >= 15 is 0 Å². The Morgan fingerprint density at radius 3 is 3.00 bits per heavy atom. The third kappa shape index (κ3) is 2.80. The Hall–Kier alpha value is -1.03. The Labute approximate surface area is 104 Å². The normalized spacial score (nSPS) is 20.9. The second-order valence-electron chi connectivity index (χ2n) is 4.87. The number of aryl methyl sites for hydroxylation is 2. The average Bonchev–Trinajstić information content (AvgIpc) is 2.71. The highest BCUT2D eigenvalue weighted by atomic mass is 15.3. The van der Waals surface area contributed by atoms with Crippen LogP contribution in [0.2, 0.25) is 0 Å². The van der Waals surface area contributed by atoms with E-state index in [0.717, 1.165) is 26.1 Å². The molecule has 4 nitrogen and oxygen atoms in total. The van der Waals surface area contributed by atoms with Gasteiger partial charge in [-0.1, -0.05) is 20.3 Å². The van der Waals surface area contributed by atoms with E-state index in [-0.39, 0.29) is 0 Å². The van der Waals surface area contributed by atoms with Crippen LogP contribution in [-0.2, 0) is 13.5 Å². The van der Waals surface area contributed by atoms with Crippen LogP contribution < -0.4 is 10.2 Å². The van der Waals surface area contributed by atoms with Crippen LogP contribution in [0.15, 0.2) is 6.20 Å². The molecule has 0 aliphatic carbocycles. The summed E-state index contributed by atoms with van der Waals surface area (Å²) in [5.41, 5.74) is 2.56. The number of hydrogen-bond donors (Lipinski definition) is 1. The highest BCUT2D eigenvalue weighted by molar-refractivity contribution is 5.50. The lowest BCUT2D eigenvalue weighted by Crippen LogP contribution is -2.50. The van der Waals surface area contributed by atoms with Crippen molar-refractivity contribution in [2.75, 3.05) is 24.5 Å². The van der Waals surface area contributed by atoms with E-state index in [4.69, 9.17) is 0 Å². The monoisotopic (exact) mass is 236 g/mol. The molecule has 1 atom stereocenters. The molecule has 1 aliphatic heterocycles. The smallest absolute Gasteiger partial charge is 0.0855 e. The molecule has 0 aromatic carbocycles.